The van der Waals surface area contributed by atoms with E-state index in [9.17, 15) is 9.59 Å². The molecule has 3 aromatic rings. The third-order valence-electron chi connectivity index (χ3n) is 6.22. The molecule has 2 amide bonds. The molecule has 2 aromatic heterocycles. The van der Waals surface area contributed by atoms with E-state index in [0.717, 1.165) is 22.4 Å². The van der Waals surface area contributed by atoms with Gasteiger partial charge >= 0.3 is 0 Å². The van der Waals surface area contributed by atoms with Crippen LogP contribution in [-0.2, 0) is 5.54 Å². The Morgan fingerprint density at radius 3 is 2.18 bits per heavy atom. The second kappa shape index (κ2) is 9.02. The Kier molecular flexibility index (Phi) is 6.42. The number of rotatable bonds is 3. The van der Waals surface area contributed by atoms with E-state index in [1.54, 1.807) is 29.2 Å². The van der Waals surface area contributed by atoms with Crippen molar-refractivity contribution in [2.75, 3.05) is 26.2 Å². The van der Waals surface area contributed by atoms with Gasteiger partial charge in [0.1, 0.15) is 0 Å². The van der Waals surface area contributed by atoms with E-state index in [4.69, 9.17) is 21.7 Å². The Morgan fingerprint density at radius 1 is 1.00 bits per heavy atom. The average molecular weight is 482 g/mol. The first kappa shape index (κ1) is 24.2. The number of carbonyl (C=O) groups excluding carboxylic acids is 2. The van der Waals surface area contributed by atoms with Crippen molar-refractivity contribution >= 4 is 34.4 Å². The van der Waals surface area contributed by atoms with E-state index in [2.05, 4.69) is 34.6 Å². The molecule has 1 aromatic carbocycles. The van der Waals surface area contributed by atoms with Gasteiger partial charge in [0.05, 0.1) is 22.2 Å². The van der Waals surface area contributed by atoms with Crippen molar-refractivity contribution in [1.82, 2.24) is 24.6 Å². The van der Waals surface area contributed by atoms with Crippen LogP contribution in [0.1, 0.15) is 72.6 Å². The summed E-state index contributed by atoms with van der Waals surface area (Å²) in [5, 5.41) is 6.09. The van der Waals surface area contributed by atoms with Crippen LogP contribution in [0.2, 0.25) is 5.02 Å². The molecule has 0 radical (unpaired) electrons. The van der Waals surface area contributed by atoms with Crippen LogP contribution < -0.4 is 0 Å². The highest BCUT2D eigenvalue weighted by molar-refractivity contribution is 6.31. The van der Waals surface area contributed by atoms with Gasteiger partial charge < -0.3 is 9.80 Å². The topological polar surface area (TPSA) is 71.3 Å². The molecule has 34 heavy (non-hydrogen) atoms. The molecule has 180 valence electrons. The highest BCUT2D eigenvalue weighted by Crippen LogP contribution is 2.30. The normalized spacial score (nSPS) is 14.8. The number of benzene rings is 1. The van der Waals surface area contributed by atoms with Crippen molar-refractivity contribution in [1.29, 1.82) is 0 Å². The molecule has 1 fully saturated rings. The van der Waals surface area contributed by atoms with Gasteiger partial charge in [0, 0.05) is 42.5 Å². The summed E-state index contributed by atoms with van der Waals surface area (Å²) in [4.78, 5) is 35.1. The van der Waals surface area contributed by atoms with Crippen molar-refractivity contribution in [3.63, 3.8) is 0 Å². The number of aryl methyl sites for hydroxylation is 1. The third kappa shape index (κ3) is 4.53. The first-order valence-electron chi connectivity index (χ1n) is 11.7. The summed E-state index contributed by atoms with van der Waals surface area (Å²) in [6.07, 6.45) is 0. The predicted molar refractivity (Wildman–Crippen MR) is 135 cm³/mol. The maximum atomic E-state index is 13.7. The van der Waals surface area contributed by atoms with E-state index >= 15 is 0 Å². The van der Waals surface area contributed by atoms with Gasteiger partial charge in [-0.05, 0) is 57.9 Å². The molecular weight excluding hydrogens is 450 g/mol. The number of amides is 2. The summed E-state index contributed by atoms with van der Waals surface area (Å²) in [6, 6.07) is 8.89. The van der Waals surface area contributed by atoms with E-state index in [0.29, 0.717) is 42.3 Å². The largest absolute Gasteiger partial charge is 0.335 e. The minimum absolute atomic E-state index is 0.0410. The van der Waals surface area contributed by atoms with Gasteiger partial charge in [0.25, 0.3) is 11.8 Å². The molecule has 1 aliphatic rings. The van der Waals surface area contributed by atoms with Gasteiger partial charge in [-0.15, -0.1) is 0 Å². The summed E-state index contributed by atoms with van der Waals surface area (Å²) in [5.41, 5.74) is 3.35. The fraction of sp³-hybridized carbons (Fsp3) is 0.462. The first-order valence-corrected chi connectivity index (χ1v) is 12.1. The summed E-state index contributed by atoms with van der Waals surface area (Å²) in [6.45, 7) is 14.2. The maximum Gasteiger partial charge on any atom is 0.254 e. The summed E-state index contributed by atoms with van der Waals surface area (Å²) in [7, 11) is 0. The predicted octanol–water partition coefficient (Wildman–Crippen LogP) is 4.87. The van der Waals surface area contributed by atoms with Crippen LogP contribution in [0.4, 0.5) is 0 Å². The molecule has 1 aliphatic heterocycles. The minimum Gasteiger partial charge on any atom is -0.335 e. The number of pyridine rings is 1. The minimum atomic E-state index is -0.262. The highest BCUT2D eigenvalue weighted by Gasteiger charge is 2.30. The quantitative estimate of drug-likeness (QED) is 0.535. The lowest BCUT2D eigenvalue weighted by Gasteiger charge is -2.35. The zero-order valence-corrected chi connectivity index (χ0v) is 21.5. The average Bonchev–Trinajstić information content (AvgIpc) is 3.14. The lowest BCUT2D eigenvalue weighted by molar-refractivity contribution is 0.0536. The first-order chi connectivity index (χ1) is 16.0. The van der Waals surface area contributed by atoms with Crippen molar-refractivity contribution in [2.24, 2.45) is 0 Å². The van der Waals surface area contributed by atoms with Crippen molar-refractivity contribution in [3.8, 4) is 0 Å². The van der Waals surface area contributed by atoms with E-state index in [1.807, 2.05) is 22.6 Å². The molecular formula is C26H32ClN5O2. The van der Waals surface area contributed by atoms with Crippen molar-refractivity contribution < 1.29 is 9.59 Å². The fourth-order valence-corrected chi connectivity index (χ4v) is 4.52. The summed E-state index contributed by atoms with van der Waals surface area (Å²) in [5.74, 6) is 0.0674. The molecule has 7 nitrogen and oxygen atoms in total. The van der Waals surface area contributed by atoms with Gasteiger partial charge in [-0.25, -0.2) is 9.67 Å². The molecule has 0 saturated carbocycles. The third-order valence-corrected chi connectivity index (χ3v) is 6.45. The zero-order valence-electron chi connectivity index (χ0n) is 20.7. The number of piperazine rings is 1. The number of nitrogens with zero attached hydrogens (tertiary/aromatic N) is 5. The second-order valence-electron chi connectivity index (χ2n) is 10.2. The molecule has 0 atom stereocenters. The molecule has 0 unspecified atom stereocenters. The van der Waals surface area contributed by atoms with E-state index in [1.165, 1.54) is 0 Å². The van der Waals surface area contributed by atoms with Gasteiger partial charge in [-0.1, -0.05) is 31.5 Å². The molecule has 0 bridgehead atoms. The van der Waals surface area contributed by atoms with Crippen molar-refractivity contribution in [3.05, 3.63) is 57.9 Å². The van der Waals surface area contributed by atoms with Gasteiger partial charge in [0.15, 0.2) is 5.65 Å². The number of aromatic nitrogens is 3. The van der Waals surface area contributed by atoms with Crippen LogP contribution in [0.5, 0.6) is 0 Å². The Bertz CT molecular complexity index is 1250. The Morgan fingerprint density at radius 2 is 1.62 bits per heavy atom. The molecule has 0 N–H and O–H groups in total. The smallest absolute Gasteiger partial charge is 0.254 e. The van der Waals surface area contributed by atoms with E-state index < -0.39 is 0 Å². The van der Waals surface area contributed by atoms with E-state index in [-0.39, 0.29) is 23.3 Å². The highest BCUT2D eigenvalue weighted by atomic mass is 35.5. The monoisotopic (exact) mass is 481 g/mol. The molecule has 3 heterocycles. The van der Waals surface area contributed by atoms with Crippen LogP contribution in [0.25, 0.3) is 11.0 Å². The number of fused-ring (bicyclic) bond motifs is 1. The zero-order chi connectivity index (χ0) is 24.8. The van der Waals surface area contributed by atoms with Crippen LogP contribution in [0, 0.1) is 6.92 Å². The number of hydrogen-bond donors (Lipinski definition) is 0. The van der Waals surface area contributed by atoms with Gasteiger partial charge in [-0.3, -0.25) is 9.59 Å². The van der Waals surface area contributed by atoms with Gasteiger partial charge in [-0.2, -0.15) is 5.10 Å². The molecule has 0 spiro atoms. The maximum absolute atomic E-state index is 13.7. The fourth-order valence-electron chi connectivity index (χ4n) is 4.33. The number of halogens is 1. The van der Waals surface area contributed by atoms with Crippen LogP contribution in [0.15, 0.2) is 30.3 Å². The molecule has 4 rings (SSSR count). The SMILES string of the molecule is Cc1nn(C(C)(C)C)c2nc(C(C)C)cc(C(=O)N3CCN(C(=O)c4cccc(Cl)c4)CC3)c12. The summed E-state index contributed by atoms with van der Waals surface area (Å²) >= 11 is 6.05. The van der Waals surface area contributed by atoms with Crippen LogP contribution in [0.3, 0.4) is 0 Å². The standard InChI is InChI=1S/C26H32ClN5O2/c1-16(2)21-15-20(22-17(3)29-32(23(22)28-21)26(4,5)6)25(34)31-12-10-30(11-13-31)24(33)18-8-7-9-19(27)14-18/h7-9,14-16H,10-13H2,1-6H3. The van der Waals surface area contributed by atoms with Crippen LogP contribution in [-0.4, -0.2) is 62.6 Å². The molecule has 1 saturated heterocycles. The molecule has 8 heteroatoms. The molecule has 0 aliphatic carbocycles. The Labute approximate surface area is 205 Å². The second-order valence-corrected chi connectivity index (χ2v) is 10.6. The number of hydrogen-bond acceptors (Lipinski definition) is 4. The van der Waals surface area contributed by atoms with Crippen molar-refractivity contribution in [2.45, 2.75) is 53.0 Å². The summed E-state index contributed by atoms with van der Waals surface area (Å²) < 4.78 is 1.92. The van der Waals surface area contributed by atoms with Crippen LogP contribution >= 0.6 is 11.6 Å². The van der Waals surface area contributed by atoms with Gasteiger partial charge in [0.2, 0.25) is 0 Å². The lowest BCUT2D eigenvalue weighted by Crippen LogP contribution is -2.50. The number of carbonyl (C=O) groups is 2. The Hall–Kier alpha value is -2.93. The Balaban J connectivity index is 1.62. The lowest BCUT2D eigenvalue weighted by atomic mass is 10.0.